The van der Waals surface area contributed by atoms with Gasteiger partial charge in [0.25, 0.3) is 0 Å². The lowest BCUT2D eigenvalue weighted by Gasteiger charge is -2.22. The highest BCUT2D eigenvalue weighted by Crippen LogP contribution is 2.37. The molecule has 1 atom stereocenters. The molecular formula is C23H17N7OS. The minimum atomic E-state index is 0.0744. The molecule has 1 N–H and O–H groups in total. The maximum atomic E-state index is 11.5. The number of carbonyl (C=O) groups is 1. The molecule has 1 saturated heterocycles. The molecule has 1 aliphatic heterocycles. The van der Waals surface area contributed by atoms with Crippen LogP contribution in [0.5, 0.6) is 0 Å². The number of fused-ring (bicyclic) bond motifs is 1. The number of piperidine rings is 1. The Balaban J connectivity index is 1.56. The Morgan fingerprint density at radius 3 is 2.66 bits per heavy atom. The van der Waals surface area contributed by atoms with Crippen molar-refractivity contribution in [3.05, 3.63) is 66.2 Å². The molecule has 0 bridgehead atoms. The summed E-state index contributed by atoms with van der Waals surface area (Å²) in [6.07, 6.45) is 8.44. The second kappa shape index (κ2) is 8.22. The number of pyridine rings is 1. The summed E-state index contributed by atoms with van der Waals surface area (Å²) < 4.78 is 3.59. The monoisotopic (exact) mass is 439 g/mol. The van der Waals surface area contributed by atoms with E-state index in [0.717, 1.165) is 27.3 Å². The molecule has 32 heavy (non-hydrogen) atoms. The standard InChI is InChI=1S/C23H17N7OS/c24-8-15-3-1-2-4-20(15)32-21-7-16(13-30-23(21)17(9-25)10-28-30)18-11-27-29(14-18)19-5-6-22(31)26-12-19/h1-4,7,10-11,13-14,19H,5-6,12H2,(H,26,31)/t19-/m0/s1. The van der Waals surface area contributed by atoms with Gasteiger partial charge in [-0.15, -0.1) is 0 Å². The highest BCUT2D eigenvalue weighted by Gasteiger charge is 2.21. The summed E-state index contributed by atoms with van der Waals surface area (Å²) >= 11 is 1.44. The third kappa shape index (κ3) is 3.59. The zero-order valence-electron chi connectivity index (χ0n) is 16.9. The highest BCUT2D eigenvalue weighted by atomic mass is 32.2. The molecule has 0 aliphatic carbocycles. The summed E-state index contributed by atoms with van der Waals surface area (Å²) in [5, 5.41) is 30.8. The zero-order chi connectivity index (χ0) is 22.1. The number of hydrogen-bond acceptors (Lipinski definition) is 6. The van der Waals surface area contributed by atoms with Crippen molar-refractivity contribution >= 4 is 23.2 Å². The first-order valence-corrected chi connectivity index (χ1v) is 10.9. The Labute approximate surface area is 188 Å². The molecular weight excluding hydrogens is 422 g/mol. The summed E-state index contributed by atoms with van der Waals surface area (Å²) in [6, 6.07) is 13.9. The smallest absolute Gasteiger partial charge is 0.220 e. The van der Waals surface area contributed by atoms with Gasteiger partial charge >= 0.3 is 0 Å². The third-order valence-electron chi connectivity index (χ3n) is 5.47. The molecule has 8 nitrogen and oxygen atoms in total. The van der Waals surface area contributed by atoms with E-state index < -0.39 is 0 Å². The van der Waals surface area contributed by atoms with Gasteiger partial charge in [0.2, 0.25) is 5.91 Å². The molecule has 1 amide bonds. The zero-order valence-corrected chi connectivity index (χ0v) is 17.7. The largest absolute Gasteiger partial charge is 0.354 e. The Morgan fingerprint density at radius 1 is 1.03 bits per heavy atom. The summed E-state index contributed by atoms with van der Waals surface area (Å²) in [4.78, 5) is 13.1. The normalized spacial score (nSPS) is 15.8. The van der Waals surface area contributed by atoms with Gasteiger partial charge in [-0.1, -0.05) is 23.9 Å². The first-order valence-electron chi connectivity index (χ1n) is 10.1. The average molecular weight is 440 g/mol. The summed E-state index contributed by atoms with van der Waals surface area (Å²) in [6.45, 7) is 0.565. The highest BCUT2D eigenvalue weighted by molar-refractivity contribution is 7.99. The number of nitriles is 2. The van der Waals surface area contributed by atoms with Crippen molar-refractivity contribution in [2.75, 3.05) is 6.54 Å². The Kier molecular flexibility index (Phi) is 5.10. The quantitative estimate of drug-likeness (QED) is 0.520. The van der Waals surface area contributed by atoms with Crippen molar-refractivity contribution < 1.29 is 4.79 Å². The van der Waals surface area contributed by atoms with E-state index in [4.69, 9.17) is 0 Å². The van der Waals surface area contributed by atoms with Crippen LogP contribution in [0.15, 0.2) is 64.9 Å². The number of carbonyl (C=O) groups excluding carboxylic acids is 1. The van der Waals surface area contributed by atoms with Crippen molar-refractivity contribution in [1.29, 1.82) is 10.5 Å². The molecule has 0 radical (unpaired) electrons. The molecule has 156 valence electrons. The molecule has 1 aromatic carbocycles. The van der Waals surface area contributed by atoms with Gasteiger partial charge < -0.3 is 5.32 Å². The summed E-state index contributed by atoms with van der Waals surface area (Å²) in [5.41, 5.74) is 3.56. The van der Waals surface area contributed by atoms with E-state index in [1.807, 2.05) is 41.3 Å². The average Bonchev–Trinajstić information content (AvgIpc) is 3.47. The number of hydrogen-bond donors (Lipinski definition) is 1. The van der Waals surface area contributed by atoms with Crippen LogP contribution in [0.1, 0.15) is 30.0 Å². The number of rotatable bonds is 4. The predicted molar refractivity (Wildman–Crippen MR) is 118 cm³/mol. The number of amides is 1. The summed E-state index contributed by atoms with van der Waals surface area (Å²) in [5.74, 6) is 0.0744. The van der Waals surface area contributed by atoms with E-state index in [1.165, 1.54) is 11.8 Å². The topological polar surface area (TPSA) is 112 Å². The van der Waals surface area contributed by atoms with Gasteiger partial charge in [-0.05, 0) is 24.6 Å². The van der Waals surface area contributed by atoms with Crippen LogP contribution in [0.25, 0.3) is 16.6 Å². The predicted octanol–water partition coefficient (Wildman–Crippen LogP) is 3.54. The van der Waals surface area contributed by atoms with Crippen molar-refractivity contribution in [3.8, 4) is 23.3 Å². The maximum absolute atomic E-state index is 11.5. The second-order valence-electron chi connectivity index (χ2n) is 7.47. The first-order chi connectivity index (χ1) is 15.7. The van der Waals surface area contributed by atoms with Crippen LogP contribution in [-0.4, -0.2) is 31.8 Å². The fraction of sp³-hybridized carbons (Fsp3) is 0.174. The second-order valence-corrected chi connectivity index (χ2v) is 8.56. The number of nitrogens with one attached hydrogen (secondary N) is 1. The van der Waals surface area contributed by atoms with Crippen molar-refractivity contribution in [3.63, 3.8) is 0 Å². The van der Waals surface area contributed by atoms with Crippen molar-refractivity contribution in [2.24, 2.45) is 0 Å². The van der Waals surface area contributed by atoms with Gasteiger partial charge in [-0.2, -0.15) is 20.7 Å². The molecule has 9 heteroatoms. The molecule has 0 spiro atoms. The van der Waals surface area contributed by atoms with Crippen LogP contribution in [0.3, 0.4) is 0 Å². The van der Waals surface area contributed by atoms with Gasteiger partial charge in [0.15, 0.2) is 0 Å². The molecule has 3 aromatic heterocycles. The van der Waals surface area contributed by atoms with Crippen molar-refractivity contribution in [2.45, 2.75) is 28.7 Å². The molecule has 1 fully saturated rings. The fourth-order valence-corrected chi connectivity index (χ4v) is 4.89. The van der Waals surface area contributed by atoms with Gasteiger partial charge in [0, 0.05) is 46.3 Å². The minimum Gasteiger partial charge on any atom is -0.354 e. The molecule has 4 heterocycles. The minimum absolute atomic E-state index is 0.0744. The maximum Gasteiger partial charge on any atom is 0.220 e. The lowest BCUT2D eigenvalue weighted by atomic mass is 10.1. The van der Waals surface area contributed by atoms with Crippen molar-refractivity contribution in [1.82, 2.24) is 24.7 Å². The number of aromatic nitrogens is 4. The van der Waals surface area contributed by atoms with Crippen LogP contribution in [0.2, 0.25) is 0 Å². The van der Waals surface area contributed by atoms with Gasteiger partial charge in [0.1, 0.15) is 12.1 Å². The van der Waals surface area contributed by atoms with Gasteiger partial charge in [-0.25, -0.2) is 4.52 Å². The molecule has 5 rings (SSSR count). The van der Waals surface area contributed by atoms with Crippen LogP contribution >= 0.6 is 11.8 Å². The first kappa shape index (κ1) is 19.9. The summed E-state index contributed by atoms with van der Waals surface area (Å²) in [7, 11) is 0. The van der Waals surface area contributed by atoms with E-state index in [-0.39, 0.29) is 11.9 Å². The lowest BCUT2D eigenvalue weighted by molar-refractivity contribution is -0.122. The third-order valence-corrected chi connectivity index (χ3v) is 6.58. The lowest BCUT2D eigenvalue weighted by Crippen LogP contribution is -2.36. The van der Waals surface area contributed by atoms with Crippen LogP contribution in [0, 0.1) is 22.7 Å². The van der Waals surface area contributed by atoms with Gasteiger partial charge in [0.05, 0.1) is 35.1 Å². The van der Waals surface area contributed by atoms with E-state index in [2.05, 4.69) is 27.7 Å². The fourth-order valence-electron chi connectivity index (χ4n) is 3.80. The van der Waals surface area contributed by atoms with Crippen LogP contribution in [-0.2, 0) is 4.79 Å². The number of benzene rings is 1. The number of nitrogens with zero attached hydrogens (tertiary/aromatic N) is 6. The molecule has 4 aromatic rings. The van der Waals surface area contributed by atoms with Gasteiger partial charge in [-0.3, -0.25) is 9.48 Å². The Morgan fingerprint density at radius 2 is 1.88 bits per heavy atom. The van der Waals surface area contributed by atoms with Crippen LogP contribution in [0.4, 0.5) is 0 Å². The molecule has 0 saturated carbocycles. The SMILES string of the molecule is N#Cc1ccccc1Sc1cc(-c2cnn([C@H]3CCC(=O)NC3)c2)cn2ncc(C#N)c12. The Bertz CT molecular complexity index is 1410. The van der Waals surface area contributed by atoms with E-state index in [9.17, 15) is 15.3 Å². The van der Waals surface area contributed by atoms with Crippen LogP contribution < -0.4 is 5.32 Å². The van der Waals surface area contributed by atoms with E-state index >= 15 is 0 Å². The molecule has 0 unspecified atom stereocenters. The Hall–Kier alpha value is -4.08. The van der Waals surface area contributed by atoms with E-state index in [1.54, 1.807) is 23.0 Å². The molecule has 1 aliphatic rings. The van der Waals surface area contributed by atoms with E-state index in [0.29, 0.717) is 29.6 Å².